The van der Waals surface area contributed by atoms with E-state index in [1.807, 2.05) is 13.8 Å². The molecule has 1 amide bonds. The molecule has 0 saturated heterocycles. The molecule has 9 nitrogen and oxygen atoms in total. The highest BCUT2D eigenvalue weighted by Crippen LogP contribution is 2.37. The topological polar surface area (TPSA) is 135 Å². The number of methoxy groups -OCH3 is 1. The van der Waals surface area contributed by atoms with Crippen molar-refractivity contribution < 1.29 is 24.3 Å². The maximum absolute atomic E-state index is 12.5. The Morgan fingerprint density at radius 2 is 2.07 bits per heavy atom. The van der Waals surface area contributed by atoms with Gasteiger partial charge in [0.1, 0.15) is 17.4 Å². The molecule has 0 heterocycles. The van der Waals surface area contributed by atoms with Crippen LogP contribution < -0.4 is 14.8 Å². The van der Waals surface area contributed by atoms with Crippen LogP contribution in [0.1, 0.15) is 19.4 Å². The number of nitro benzene ring substituents is 1. The van der Waals surface area contributed by atoms with Crippen LogP contribution in [0.2, 0.25) is 0 Å². The first-order valence-electron chi connectivity index (χ1n) is 8.50. The van der Waals surface area contributed by atoms with Gasteiger partial charge in [0, 0.05) is 17.8 Å². The number of nitriles is 1. The van der Waals surface area contributed by atoms with Crippen molar-refractivity contribution >= 4 is 23.4 Å². The smallest absolute Gasteiger partial charge is 0.315 e. The highest BCUT2D eigenvalue weighted by Gasteiger charge is 2.20. The minimum absolute atomic E-state index is 0.0456. The van der Waals surface area contributed by atoms with Gasteiger partial charge in [0.2, 0.25) is 5.75 Å². The Hall–Kier alpha value is -4.06. The van der Waals surface area contributed by atoms with E-state index in [1.165, 1.54) is 19.3 Å². The lowest BCUT2D eigenvalue weighted by Gasteiger charge is -2.11. The molecule has 2 rings (SSSR count). The number of anilines is 1. The molecule has 0 saturated carbocycles. The predicted molar refractivity (Wildman–Crippen MR) is 106 cm³/mol. The van der Waals surface area contributed by atoms with Gasteiger partial charge in [0.25, 0.3) is 5.91 Å². The maximum Gasteiger partial charge on any atom is 0.315 e. The van der Waals surface area contributed by atoms with Gasteiger partial charge in [-0.15, -0.1) is 0 Å². The Labute approximate surface area is 166 Å². The van der Waals surface area contributed by atoms with Gasteiger partial charge in [0.15, 0.2) is 5.75 Å². The zero-order valence-corrected chi connectivity index (χ0v) is 16.0. The highest BCUT2D eigenvalue weighted by molar-refractivity contribution is 6.09. The van der Waals surface area contributed by atoms with Crippen molar-refractivity contribution in [2.24, 2.45) is 0 Å². The molecule has 0 aliphatic rings. The summed E-state index contributed by atoms with van der Waals surface area (Å²) in [6.45, 7) is 3.74. The van der Waals surface area contributed by atoms with Gasteiger partial charge in [-0.2, -0.15) is 5.26 Å². The molecular weight excluding hydrogens is 378 g/mol. The quantitative estimate of drug-likeness (QED) is 0.315. The largest absolute Gasteiger partial charge is 0.500 e. The summed E-state index contributed by atoms with van der Waals surface area (Å²) < 4.78 is 10.5. The number of nitrogens with zero attached hydrogens (tertiary/aromatic N) is 2. The van der Waals surface area contributed by atoms with Crippen LogP contribution in [0.25, 0.3) is 6.08 Å². The molecule has 2 aromatic carbocycles. The summed E-state index contributed by atoms with van der Waals surface area (Å²) in [6.07, 6.45) is 1.12. The number of nitro groups is 1. The molecule has 0 radical (unpaired) electrons. The Morgan fingerprint density at radius 3 is 2.66 bits per heavy atom. The lowest BCUT2D eigenvalue weighted by Crippen LogP contribution is -2.13. The monoisotopic (exact) mass is 397 g/mol. The van der Waals surface area contributed by atoms with E-state index < -0.39 is 22.3 Å². The van der Waals surface area contributed by atoms with Gasteiger partial charge in [-0.3, -0.25) is 14.9 Å². The number of carbonyl (C=O) groups is 1. The van der Waals surface area contributed by atoms with Gasteiger partial charge >= 0.3 is 5.69 Å². The molecule has 0 bridgehead atoms. The average Bonchev–Trinajstić information content (AvgIpc) is 2.66. The molecule has 0 aliphatic carbocycles. The minimum Gasteiger partial charge on any atom is -0.500 e. The first-order valence-corrected chi connectivity index (χ1v) is 8.50. The van der Waals surface area contributed by atoms with Crippen molar-refractivity contribution in [2.45, 2.75) is 20.0 Å². The SMILES string of the molecule is COc1cc(/C=C(/C#N)C(=O)Nc2cccc(OC(C)C)c2)cc([N+](=O)[O-])c1O. The third kappa shape index (κ3) is 5.46. The number of hydrogen-bond acceptors (Lipinski definition) is 7. The zero-order valence-electron chi connectivity index (χ0n) is 16.0. The van der Waals surface area contributed by atoms with E-state index in [2.05, 4.69) is 5.32 Å². The zero-order chi connectivity index (χ0) is 21.6. The second-order valence-corrected chi connectivity index (χ2v) is 6.17. The Morgan fingerprint density at radius 1 is 1.34 bits per heavy atom. The summed E-state index contributed by atoms with van der Waals surface area (Å²) in [5, 5.41) is 32.8. The van der Waals surface area contributed by atoms with Crippen molar-refractivity contribution in [3.63, 3.8) is 0 Å². The van der Waals surface area contributed by atoms with Crippen molar-refractivity contribution in [2.75, 3.05) is 12.4 Å². The molecule has 0 spiro atoms. The van der Waals surface area contributed by atoms with Crippen LogP contribution in [0.4, 0.5) is 11.4 Å². The number of benzene rings is 2. The second kappa shape index (κ2) is 9.23. The third-order valence-corrected chi connectivity index (χ3v) is 3.63. The fourth-order valence-corrected chi connectivity index (χ4v) is 2.42. The van der Waals surface area contributed by atoms with Gasteiger partial charge in [0.05, 0.1) is 18.1 Å². The summed E-state index contributed by atoms with van der Waals surface area (Å²) in [4.78, 5) is 22.8. The maximum atomic E-state index is 12.5. The van der Waals surface area contributed by atoms with E-state index in [1.54, 1.807) is 30.3 Å². The van der Waals surface area contributed by atoms with Crippen LogP contribution in [-0.2, 0) is 4.79 Å². The molecule has 2 aromatic rings. The van der Waals surface area contributed by atoms with Crippen LogP contribution >= 0.6 is 0 Å². The molecule has 2 N–H and O–H groups in total. The molecule has 0 aliphatic heterocycles. The number of ether oxygens (including phenoxy) is 2. The van der Waals surface area contributed by atoms with Crippen LogP contribution in [-0.4, -0.2) is 29.2 Å². The van der Waals surface area contributed by atoms with E-state index in [9.17, 15) is 25.3 Å². The van der Waals surface area contributed by atoms with Crippen molar-refractivity contribution in [1.29, 1.82) is 5.26 Å². The number of aromatic hydroxyl groups is 1. The third-order valence-electron chi connectivity index (χ3n) is 3.63. The van der Waals surface area contributed by atoms with Crippen LogP contribution in [0.3, 0.4) is 0 Å². The first-order chi connectivity index (χ1) is 13.7. The van der Waals surface area contributed by atoms with Crippen LogP contribution in [0.5, 0.6) is 17.2 Å². The number of phenols is 1. The molecule has 150 valence electrons. The Kier molecular flexibility index (Phi) is 6.76. The molecule has 0 aromatic heterocycles. The normalized spacial score (nSPS) is 10.9. The Bertz CT molecular complexity index is 1010. The summed E-state index contributed by atoms with van der Waals surface area (Å²) in [5.74, 6) is -0.940. The van der Waals surface area contributed by atoms with E-state index in [-0.39, 0.29) is 23.0 Å². The molecule has 0 fully saturated rings. The second-order valence-electron chi connectivity index (χ2n) is 6.17. The fourth-order valence-electron chi connectivity index (χ4n) is 2.42. The molecule has 0 atom stereocenters. The number of hydrogen-bond donors (Lipinski definition) is 2. The molecular formula is C20H19N3O6. The molecule has 29 heavy (non-hydrogen) atoms. The molecule has 0 unspecified atom stereocenters. The lowest BCUT2D eigenvalue weighted by atomic mass is 10.1. The number of phenolic OH excluding ortho intramolecular Hbond substituents is 1. The number of amides is 1. The predicted octanol–water partition coefficient (Wildman–Crippen LogP) is 3.64. The fraction of sp³-hybridized carbons (Fsp3) is 0.200. The summed E-state index contributed by atoms with van der Waals surface area (Å²) >= 11 is 0. The average molecular weight is 397 g/mol. The first kappa shape index (κ1) is 21.2. The van der Waals surface area contributed by atoms with Gasteiger partial charge in [-0.1, -0.05) is 6.07 Å². The van der Waals surface area contributed by atoms with E-state index in [0.717, 1.165) is 6.07 Å². The van der Waals surface area contributed by atoms with Gasteiger partial charge in [-0.05, 0) is 43.7 Å². The van der Waals surface area contributed by atoms with Crippen LogP contribution in [0.15, 0.2) is 42.0 Å². The number of carbonyl (C=O) groups excluding carboxylic acids is 1. The summed E-state index contributed by atoms with van der Waals surface area (Å²) in [7, 11) is 1.23. The van der Waals surface area contributed by atoms with Gasteiger partial charge < -0.3 is 19.9 Å². The van der Waals surface area contributed by atoms with E-state index >= 15 is 0 Å². The molecule has 9 heteroatoms. The standard InChI is InChI=1S/C20H19N3O6/c1-12(2)29-16-6-4-5-15(10-16)22-20(25)14(11-21)7-13-8-17(23(26)27)19(24)18(9-13)28-3/h4-10,12,24H,1-3H3,(H,22,25)/b14-7-. The van der Waals surface area contributed by atoms with Crippen molar-refractivity contribution in [1.82, 2.24) is 0 Å². The van der Waals surface area contributed by atoms with Crippen LogP contribution in [0, 0.1) is 21.4 Å². The number of nitrogens with one attached hydrogen (secondary N) is 1. The summed E-state index contributed by atoms with van der Waals surface area (Å²) in [6, 6.07) is 10.8. The van der Waals surface area contributed by atoms with Crippen molar-refractivity contribution in [3.8, 4) is 23.3 Å². The Balaban J connectivity index is 2.33. The minimum atomic E-state index is -0.790. The highest BCUT2D eigenvalue weighted by atomic mass is 16.6. The van der Waals surface area contributed by atoms with Gasteiger partial charge in [-0.25, -0.2) is 0 Å². The summed E-state index contributed by atoms with van der Waals surface area (Å²) in [5.41, 5.74) is -0.326. The van der Waals surface area contributed by atoms with E-state index in [4.69, 9.17) is 9.47 Å². The van der Waals surface area contributed by atoms with Crippen molar-refractivity contribution in [3.05, 3.63) is 57.6 Å². The lowest BCUT2D eigenvalue weighted by molar-refractivity contribution is -0.386. The van der Waals surface area contributed by atoms with E-state index in [0.29, 0.717) is 11.4 Å². The number of rotatable bonds is 7.